The van der Waals surface area contributed by atoms with Crippen LogP contribution in [0.5, 0.6) is 0 Å². The Kier molecular flexibility index (Phi) is 4.60. The number of hydrogen-bond donors (Lipinski definition) is 1. The second-order valence-corrected chi connectivity index (χ2v) is 5.53. The van der Waals surface area contributed by atoms with Gasteiger partial charge in [0.25, 0.3) is 0 Å². The third-order valence-corrected chi connectivity index (χ3v) is 3.53. The third-order valence-electron chi connectivity index (χ3n) is 3.53. The minimum atomic E-state index is -0.399. The van der Waals surface area contributed by atoms with E-state index in [0.29, 0.717) is 6.04 Å². The lowest BCUT2D eigenvalue weighted by molar-refractivity contribution is -0.252. The van der Waals surface area contributed by atoms with Crippen LogP contribution in [0.15, 0.2) is 11.6 Å². The SMILES string of the molecule is CC1(C)OCC(NCCC2=CCCCC2)CO1. The molecule has 3 heteroatoms. The van der Waals surface area contributed by atoms with Crippen molar-refractivity contribution in [1.82, 2.24) is 5.32 Å². The Morgan fingerprint density at radius 1 is 1.29 bits per heavy atom. The summed E-state index contributed by atoms with van der Waals surface area (Å²) in [6.45, 7) is 6.49. The molecule has 0 radical (unpaired) electrons. The Morgan fingerprint density at radius 3 is 2.71 bits per heavy atom. The van der Waals surface area contributed by atoms with Crippen molar-refractivity contribution in [3.63, 3.8) is 0 Å². The Morgan fingerprint density at radius 2 is 2.06 bits per heavy atom. The van der Waals surface area contributed by atoms with E-state index in [1.807, 2.05) is 13.8 Å². The van der Waals surface area contributed by atoms with Crippen LogP contribution in [-0.2, 0) is 9.47 Å². The second kappa shape index (κ2) is 5.98. The molecule has 0 unspecified atom stereocenters. The molecule has 0 aromatic carbocycles. The molecular formula is C14H25NO2. The van der Waals surface area contributed by atoms with E-state index in [4.69, 9.17) is 9.47 Å². The van der Waals surface area contributed by atoms with E-state index in [1.54, 1.807) is 5.57 Å². The van der Waals surface area contributed by atoms with Gasteiger partial charge in [-0.2, -0.15) is 0 Å². The van der Waals surface area contributed by atoms with Crippen molar-refractivity contribution in [2.24, 2.45) is 0 Å². The van der Waals surface area contributed by atoms with E-state index in [1.165, 1.54) is 32.1 Å². The van der Waals surface area contributed by atoms with Gasteiger partial charge in [-0.05, 0) is 52.5 Å². The average Bonchev–Trinajstić information content (AvgIpc) is 2.33. The number of allylic oxidation sites excluding steroid dienone is 1. The molecule has 0 spiro atoms. The number of hydrogen-bond acceptors (Lipinski definition) is 3. The summed E-state index contributed by atoms with van der Waals surface area (Å²) in [4.78, 5) is 0. The Labute approximate surface area is 105 Å². The van der Waals surface area contributed by atoms with Crippen LogP contribution in [0.1, 0.15) is 46.0 Å². The van der Waals surface area contributed by atoms with Gasteiger partial charge in [0, 0.05) is 0 Å². The van der Waals surface area contributed by atoms with E-state index < -0.39 is 5.79 Å². The van der Waals surface area contributed by atoms with E-state index in [0.717, 1.165) is 19.8 Å². The van der Waals surface area contributed by atoms with Crippen molar-refractivity contribution in [3.05, 3.63) is 11.6 Å². The lowest BCUT2D eigenvalue weighted by atomic mass is 9.97. The van der Waals surface area contributed by atoms with Crippen LogP contribution >= 0.6 is 0 Å². The summed E-state index contributed by atoms with van der Waals surface area (Å²) in [5.41, 5.74) is 1.63. The van der Waals surface area contributed by atoms with E-state index in [-0.39, 0.29) is 0 Å². The zero-order valence-electron chi connectivity index (χ0n) is 11.1. The zero-order valence-corrected chi connectivity index (χ0v) is 11.1. The van der Waals surface area contributed by atoms with Gasteiger partial charge in [-0.15, -0.1) is 0 Å². The fraction of sp³-hybridized carbons (Fsp3) is 0.857. The monoisotopic (exact) mass is 239 g/mol. The summed E-state index contributed by atoms with van der Waals surface area (Å²) in [6.07, 6.45) is 8.92. The third kappa shape index (κ3) is 4.41. The lowest BCUT2D eigenvalue weighted by Crippen LogP contribution is -2.48. The number of rotatable bonds is 4. The molecule has 0 amide bonds. The Hall–Kier alpha value is -0.380. The second-order valence-electron chi connectivity index (χ2n) is 5.53. The molecule has 1 saturated heterocycles. The summed E-state index contributed by atoms with van der Waals surface area (Å²) < 4.78 is 11.2. The van der Waals surface area contributed by atoms with Crippen LogP contribution in [0.25, 0.3) is 0 Å². The molecule has 1 aliphatic carbocycles. The number of ether oxygens (including phenoxy) is 2. The van der Waals surface area contributed by atoms with Gasteiger partial charge in [0.2, 0.25) is 0 Å². The molecule has 98 valence electrons. The van der Waals surface area contributed by atoms with Crippen LogP contribution in [0, 0.1) is 0 Å². The summed E-state index contributed by atoms with van der Waals surface area (Å²) in [7, 11) is 0. The van der Waals surface area contributed by atoms with Crippen molar-refractivity contribution in [3.8, 4) is 0 Å². The predicted molar refractivity (Wildman–Crippen MR) is 68.9 cm³/mol. The molecule has 1 N–H and O–H groups in total. The summed E-state index contributed by atoms with van der Waals surface area (Å²) in [5.74, 6) is -0.399. The maximum absolute atomic E-state index is 5.62. The van der Waals surface area contributed by atoms with Crippen molar-refractivity contribution in [2.75, 3.05) is 19.8 Å². The minimum absolute atomic E-state index is 0.354. The van der Waals surface area contributed by atoms with Gasteiger partial charge in [-0.3, -0.25) is 0 Å². The quantitative estimate of drug-likeness (QED) is 0.765. The zero-order chi connectivity index (χ0) is 12.1. The molecule has 1 fully saturated rings. The highest BCUT2D eigenvalue weighted by Crippen LogP contribution is 2.20. The molecule has 0 bridgehead atoms. The van der Waals surface area contributed by atoms with E-state index in [9.17, 15) is 0 Å². The molecule has 0 aromatic rings. The van der Waals surface area contributed by atoms with Crippen LogP contribution in [0.3, 0.4) is 0 Å². The molecular weight excluding hydrogens is 214 g/mol. The summed E-state index contributed by atoms with van der Waals surface area (Å²) in [5, 5.41) is 3.52. The molecule has 2 rings (SSSR count). The number of nitrogens with one attached hydrogen (secondary N) is 1. The first kappa shape index (κ1) is 13.1. The fourth-order valence-electron chi connectivity index (χ4n) is 2.38. The van der Waals surface area contributed by atoms with Crippen molar-refractivity contribution >= 4 is 0 Å². The topological polar surface area (TPSA) is 30.5 Å². The molecule has 0 atom stereocenters. The minimum Gasteiger partial charge on any atom is -0.349 e. The first-order valence-corrected chi connectivity index (χ1v) is 6.85. The van der Waals surface area contributed by atoms with Crippen LogP contribution < -0.4 is 5.32 Å². The first-order chi connectivity index (χ1) is 8.16. The van der Waals surface area contributed by atoms with Crippen LogP contribution in [0.2, 0.25) is 0 Å². The standard InChI is InChI=1S/C14H25NO2/c1-14(2)16-10-13(11-17-14)15-9-8-12-6-4-3-5-7-12/h6,13,15H,3-5,7-11H2,1-2H3. The maximum Gasteiger partial charge on any atom is 0.162 e. The van der Waals surface area contributed by atoms with Gasteiger partial charge in [-0.25, -0.2) is 0 Å². The summed E-state index contributed by atoms with van der Waals surface area (Å²) >= 11 is 0. The van der Waals surface area contributed by atoms with Crippen molar-refractivity contribution < 1.29 is 9.47 Å². The van der Waals surface area contributed by atoms with Gasteiger partial charge < -0.3 is 14.8 Å². The molecule has 1 aliphatic heterocycles. The van der Waals surface area contributed by atoms with Gasteiger partial charge in [0.05, 0.1) is 19.3 Å². The van der Waals surface area contributed by atoms with Gasteiger partial charge in [-0.1, -0.05) is 11.6 Å². The van der Waals surface area contributed by atoms with Gasteiger partial charge >= 0.3 is 0 Å². The molecule has 2 aliphatic rings. The smallest absolute Gasteiger partial charge is 0.162 e. The average molecular weight is 239 g/mol. The van der Waals surface area contributed by atoms with Gasteiger partial charge in [0.15, 0.2) is 5.79 Å². The molecule has 0 saturated carbocycles. The van der Waals surface area contributed by atoms with Crippen LogP contribution in [-0.4, -0.2) is 31.6 Å². The highest BCUT2D eigenvalue weighted by Gasteiger charge is 2.27. The molecule has 1 heterocycles. The molecule has 0 aromatic heterocycles. The van der Waals surface area contributed by atoms with Gasteiger partial charge in [0.1, 0.15) is 0 Å². The van der Waals surface area contributed by atoms with Crippen LogP contribution in [0.4, 0.5) is 0 Å². The van der Waals surface area contributed by atoms with E-state index >= 15 is 0 Å². The highest BCUT2D eigenvalue weighted by molar-refractivity contribution is 5.05. The van der Waals surface area contributed by atoms with Crippen molar-refractivity contribution in [2.45, 2.75) is 57.8 Å². The Bertz CT molecular complexity index is 263. The van der Waals surface area contributed by atoms with E-state index in [2.05, 4.69) is 11.4 Å². The highest BCUT2D eigenvalue weighted by atomic mass is 16.7. The van der Waals surface area contributed by atoms with Crippen molar-refractivity contribution in [1.29, 1.82) is 0 Å². The Balaban J connectivity index is 1.61. The largest absolute Gasteiger partial charge is 0.349 e. The fourth-order valence-corrected chi connectivity index (χ4v) is 2.38. The summed E-state index contributed by atoms with van der Waals surface area (Å²) in [6, 6.07) is 0.354. The first-order valence-electron chi connectivity index (χ1n) is 6.85. The lowest BCUT2D eigenvalue weighted by Gasteiger charge is -2.35. The maximum atomic E-state index is 5.62. The molecule has 17 heavy (non-hydrogen) atoms. The normalized spacial score (nSPS) is 25.6. The predicted octanol–water partition coefficient (Wildman–Crippen LogP) is 2.62. The molecule has 3 nitrogen and oxygen atoms in total.